The highest BCUT2D eigenvalue weighted by Crippen LogP contribution is 2.39. The van der Waals surface area contributed by atoms with Gasteiger partial charge in [-0.2, -0.15) is 13.2 Å². The van der Waals surface area contributed by atoms with Crippen LogP contribution in [0.15, 0.2) is 41.4 Å². The molecule has 0 aliphatic carbocycles. The minimum atomic E-state index is -4.55. The quantitative estimate of drug-likeness (QED) is 0.238. The Bertz CT molecular complexity index is 854. The molecule has 0 bridgehead atoms. The molecule has 0 aromatic heterocycles. The molecule has 2 rings (SSSR count). The third-order valence-electron chi connectivity index (χ3n) is 3.56. The van der Waals surface area contributed by atoms with Crippen molar-refractivity contribution in [1.82, 2.24) is 0 Å². The summed E-state index contributed by atoms with van der Waals surface area (Å²) in [5.74, 6) is -0.256. The van der Waals surface area contributed by atoms with Gasteiger partial charge in [-0.25, -0.2) is 0 Å². The van der Waals surface area contributed by atoms with Gasteiger partial charge in [-0.3, -0.25) is 15.1 Å². The molecule has 2 aromatic carbocycles. The number of rotatable bonds is 7. The van der Waals surface area contributed by atoms with E-state index >= 15 is 0 Å². The number of ether oxygens (including phenoxy) is 1. The van der Waals surface area contributed by atoms with E-state index in [1.54, 1.807) is 0 Å². The number of alkyl halides is 3. The Morgan fingerprint density at radius 2 is 2.00 bits per heavy atom. The number of hydrogen-bond acceptors (Lipinski definition) is 4. The minimum absolute atomic E-state index is 0.118. The number of unbranched alkanes of at least 4 members (excludes halogenated alkanes) is 1. The first-order chi connectivity index (χ1) is 12.7. The van der Waals surface area contributed by atoms with Crippen LogP contribution in [0.1, 0.15) is 30.9 Å². The van der Waals surface area contributed by atoms with E-state index in [0.29, 0.717) is 12.6 Å². The van der Waals surface area contributed by atoms with Crippen LogP contribution in [0.5, 0.6) is 11.5 Å². The van der Waals surface area contributed by atoms with Gasteiger partial charge in [0.05, 0.1) is 21.1 Å². The third-order valence-corrected chi connectivity index (χ3v) is 3.86. The van der Waals surface area contributed by atoms with Crippen molar-refractivity contribution in [1.29, 1.82) is 0 Å². The minimum Gasteiger partial charge on any atom is -0.449 e. The molecule has 0 amide bonds. The molecule has 27 heavy (non-hydrogen) atoms. The van der Waals surface area contributed by atoms with Crippen LogP contribution in [-0.4, -0.2) is 17.7 Å². The van der Waals surface area contributed by atoms with Crippen molar-refractivity contribution < 1.29 is 22.8 Å². The van der Waals surface area contributed by atoms with E-state index in [4.69, 9.17) is 16.3 Å². The van der Waals surface area contributed by atoms with Crippen LogP contribution in [0.4, 0.5) is 18.9 Å². The second kappa shape index (κ2) is 8.85. The van der Waals surface area contributed by atoms with Crippen LogP contribution in [0, 0.1) is 10.1 Å². The number of para-hydroxylation sites is 1. The van der Waals surface area contributed by atoms with Crippen LogP contribution < -0.4 is 4.74 Å². The zero-order valence-electron chi connectivity index (χ0n) is 14.3. The second-order valence-corrected chi connectivity index (χ2v) is 5.99. The molecule has 0 N–H and O–H groups in total. The summed E-state index contributed by atoms with van der Waals surface area (Å²) in [4.78, 5) is 15.0. The summed E-state index contributed by atoms with van der Waals surface area (Å²) < 4.78 is 43.6. The molecular weight excluding hydrogens is 385 g/mol. The van der Waals surface area contributed by atoms with Crippen molar-refractivity contribution in [2.45, 2.75) is 25.9 Å². The van der Waals surface area contributed by atoms with Crippen LogP contribution in [0.3, 0.4) is 0 Å². The third kappa shape index (κ3) is 5.43. The van der Waals surface area contributed by atoms with E-state index < -0.39 is 16.7 Å². The van der Waals surface area contributed by atoms with Gasteiger partial charge in [0, 0.05) is 12.8 Å². The Balaban J connectivity index is 2.36. The van der Waals surface area contributed by atoms with Gasteiger partial charge in [0.15, 0.2) is 0 Å². The fourth-order valence-corrected chi connectivity index (χ4v) is 2.43. The number of hydrogen-bond donors (Lipinski definition) is 0. The normalized spacial score (nSPS) is 11.7. The zero-order valence-corrected chi connectivity index (χ0v) is 15.0. The number of nitrogens with zero attached hydrogens (tertiary/aromatic N) is 2. The van der Waals surface area contributed by atoms with E-state index in [9.17, 15) is 23.3 Å². The molecule has 144 valence electrons. The Morgan fingerprint density at radius 3 is 2.59 bits per heavy atom. The first-order valence-corrected chi connectivity index (χ1v) is 8.43. The summed E-state index contributed by atoms with van der Waals surface area (Å²) in [6.07, 6.45) is -1.38. The van der Waals surface area contributed by atoms with Crippen LogP contribution in [0.2, 0.25) is 5.02 Å². The van der Waals surface area contributed by atoms with Crippen molar-refractivity contribution in [3.8, 4) is 11.5 Å². The summed E-state index contributed by atoms with van der Waals surface area (Å²) in [6, 6.07) is 6.91. The molecule has 0 saturated heterocycles. The molecule has 0 spiro atoms. The van der Waals surface area contributed by atoms with Crippen LogP contribution >= 0.6 is 11.6 Å². The topological polar surface area (TPSA) is 64.7 Å². The molecule has 0 aliphatic heterocycles. The van der Waals surface area contributed by atoms with E-state index in [1.807, 2.05) is 6.92 Å². The Morgan fingerprint density at radius 1 is 1.26 bits per heavy atom. The number of halogens is 4. The lowest BCUT2D eigenvalue weighted by atomic mass is 10.1. The first kappa shape index (κ1) is 20.7. The predicted octanol–water partition coefficient (Wildman–Crippen LogP) is 6.28. The van der Waals surface area contributed by atoms with Gasteiger partial charge < -0.3 is 4.74 Å². The molecule has 0 unspecified atom stereocenters. The summed E-state index contributed by atoms with van der Waals surface area (Å²) >= 11 is 5.85. The largest absolute Gasteiger partial charge is 0.449 e. The molecule has 0 atom stereocenters. The van der Waals surface area contributed by atoms with Gasteiger partial charge in [0.25, 0.3) is 0 Å². The fraction of sp³-hybridized carbons (Fsp3) is 0.278. The molecule has 9 heteroatoms. The highest BCUT2D eigenvalue weighted by atomic mass is 35.5. The Kier molecular flexibility index (Phi) is 6.79. The SMILES string of the molecule is CCCCN=Cc1cccc(Oc2ccc(C(F)(F)F)cc2Cl)c1[N+](=O)[O-]. The van der Waals surface area contributed by atoms with Crippen molar-refractivity contribution in [3.63, 3.8) is 0 Å². The lowest BCUT2D eigenvalue weighted by Crippen LogP contribution is -2.04. The fourth-order valence-electron chi connectivity index (χ4n) is 2.21. The van der Waals surface area contributed by atoms with E-state index in [2.05, 4.69) is 4.99 Å². The number of nitro benzene ring substituents is 1. The average Bonchev–Trinajstić information content (AvgIpc) is 2.59. The number of aliphatic imine (C=N–C) groups is 1. The summed E-state index contributed by atoms with van der Waals surface area (Å²) in [5, 5.41) is 11.2. The van der Waals surface area contributed by atoms with Gasteiger partial charge >= 0.3 is 11.9 Å². The van der Waals surface area contributed by atoms with Gasteiger partial charge in [-0.15, -0.1) is 0 Å². The zero-order chi connectivity index (χ0) is 20.0. The van der Waals surface area contributed by atoms with Crippen molar-refractivity contribution in [3.05, 3.63) is 62.7 Å². The van der Waals surface area contributed by atoms with Gasteiger partial charge in [0.2, 0.25) is 5.75 Å². The lowest BCUT2D eigenvalue weighted by molar-refractivity contribution is -0.385. The summed E-state index contributed by atoms with van der Waals surface area (Å²) in [5.41, 5.74) is -1.04. The first-order valence-electron chi connectivity index (χ1n) is 8.06. The monoisotopic (exact) mass is 400 g/mol. The molecule has 0 radical (unpaired) electrons. The van der Waals surface area contributed by atoms with Gasteiger partial charge in [0.1, 0.15) is 5.75 Å². The van der Waals surface area contributed by atoms with E-state index in [-0.39, 0.29) is 27.8 Å². The highest BCUT2D eigenvalue weighted by Gasteiger charge is 2.31. The maximum absolute atomic E-state index is 12.7. The molecular formula is C18H16ClF3N2O3. The molecule has 0 fully saturated rings. The van der Waals surface area contributed by atoms with Crippen molar-refractivity contribution in [2.75, 3.05) is 6.54 Å². The number of nitro groups is 1. The molecule has 2 aromatic rings. The standard InChI is InChI=1S/C18H16ClF3N2O3/c1-2-3-9-23-11-12-5-4-6-16(17(12)24(25)26)27-15-8-7-13(10-14(15)19)18(20,21)22/h4-8,10-11H,2-3,9H2,1H3. The molecule has 5 nitrogen and oxygen atoms in total. The molecule has 0 aliphatic rings. The average molecular weight is 401 g/mol. The van der Waals surface area contributed by atoms with Crippen molar-refractivity contribution >= 4 is 23.5 Å². The van der Waals surface area contributed by atoms with E-state index in [0.717, 1.165) is 25.0 Å². The smallest absolute Gasteiger partial charge is 0.416 e. The van der Waals surface area contributed by atoms with Crippen LogP contribution in [-0.2, 0) is 6.18 Å². The highest BCUT2D eigenvalue weighted by molar-refractivity contribution is 6.32. The van der Waals surface area contributed by atoms with Crippen LogP contribution in [0.25, 0.3) is 0 Å². The second-order valence-electron chi connectivity index (χ2n) is 5.58. The molecule has 0 heterocycles. The van der Waals surface area contributed by atoms with E-state index in [1.165, 1.54) is 24.4 Å². The Hall–Kier alpha value is -2.61. The summed E-state index contributed by atoms with van der Waals surface area (Å²) in [7, 11) is 0. The van der Waals surface area contributed by atoms with Crippen molar-refractivity contribution in [2.24, 2.45) is 4.99 Å². The van der Waals surface area contributed by atoms with Gasteiger partial charge in [-0.1, -0.05) is 31.0 Å². The van der Waals surface area contributed by atoms with Gasteiger partial charge in [-0.05, 0) is 36.8 Å². The Labute approximate surface area is 158 Å². The lowest BCUT2D eigenvalue weighted by Gasteiger charge is -2.12. The maximum atomic E-state index is 12.7. The molecule has 0 saturated carbocycles. The maximum Gasteiger partial charge on any atom is 0.416 e. The summed E-state index contributed by atoms with van der Waals surface area (Å²) in [6.45, 7) is 2.53. The predicted molar refractivity (Wildman–Crippen MR) is 97.0 cm³/mol. The number of benzene rings is 2.